The molecular formula is C14H11NO3S. The molecule has 96 valence electrons. The number of nitrogens with two attached hydrogens (primary N) is 1. The highest BCUT2D eigenvalue weighted by Gasteiger charge is 2.13. The van der Waals surface area contributed by atoms with Crippen LogP contribution in [0.4, 0.5) is 0 Å². The Balaban J connectivity index is 1.79. The van der Waals surface area contributed by atoms with Gasteiger partial charge in [0.1, 0.15) is 16.5 Å². The van der Waals surface area contributed by atoms with Crippen molar-refractivity contribution in [2.24, 2.45) is 5.73 Å². The molecule has 5 heteroatoms. The molecule has 0 unspecified atom stereocenters. The van der Waals surface area contributed by atoms with Gasteiger partial charge in [-0.2, -0.15) is 0 Å². The lowest BCUT2D eigenvalue weighted by Gasteiger charge is -2.07. The van der Waals surface area contributed by atoms with Crippen LogP contribution in [-0.4, -0.2) is 11.8 Å². The number of benzene rings is 2. The smallest absolute Gasteiger partial charge is 0.231 e. The minimum absolute atomic E-state index is 0.251. The third-order valence-corrected chi connectivity index (χ3v) is 2.95. The van der Waals surface area contributed by atoms with Crippen molar-refractivity contribution in [2.45, 2.75) is 0 Å². The summed E-state index contributed by atoms with van der Waals surface area (Å²) in [5.41, 5.74) is 6.35. The van der Waals surface area contributed by atoms with Crippen LogP contribution in [0.1, 0.15) is 5.56 Å². The zero-order valence-corrected chi connectivity index (χ0v) is 10.8. The van der Waals surface area contributed by atoms with Crippen molar-refractivity contribution in [3.63, 3.8) is 0 Å². The Bertz CT molecular complexity index is 625. The highest BCUT2D eigenvalue weighted by atomic mass is 32.1. The quantitative estimate of drug-likeness (QED) is 0.871. The molecule has 0 saturated heterocycles. The molecule has 1 aliphatic rings. The number of hydrogen-bond donors (Lipinski definition) is 1. The maximum absolute atomic E-state index is 5.72. The van der Waals surface area contributed by atoms with Gasteiger partial charge in [0, 0.05) is 11.6 Å². The van der Waals surface area contributed by atoms with Crippen molar-refractivity contribution in [3.8, 4) is 23.0 Å². The van der Waals surface area contributed by atoms with Gasteiger partial charge < -0.3 is 19.9 Å². The number of thiocarbonyl (C=S) groups is 1. The van der Waals surface area contributed by atoms with E-state index < -0.39 is 0 Å². The fourth-order valence-corrected chi connectivity index (χ4v) is 1.90. The predicted octanol–water partition coefficient (Wildman–Crippen LogP) is 2.84. The predicted molar refractivity (Wildman–Crippen MR) is 75.0 cm³/mol. The zero-order valence-electron chi connectivity index (χ0n) is 9.96. The number of hydrogen-bond acceptors (Lipinski definition) is 4. The number of rotatable bonds is 3. The normalized spacial score (nSPS) is 12.2. The number of ether oxygens (including phenoxy) is 3. The van der Waals surface area contributed by atoms with Crippen LogP contribution in [0.5, 0.6) is 23.0 Å². The van der Waals surface area contributed by atoms with Gasteiger partial charge in [0.2, 0.25) is 6.79 Å². The van der Waals surface area contributed by atoms with Gasteiger partial charge in [-0.05, 0) is 36.4 Å². The monoisotopic (exact) mass is 273 g/mol. The van der Waals surface area contributed by atoms with Gasteiger partial charge in [0.05, 0.1) is 0 Å². The average Bonchev–Trinajstić information content (AvgIpc) is 2.87. The molecule has 0 aliphatic carbocycles. The van der Waals surface area contributed by atoms with E-state index in [1.165, 1.54) is 0 Å². The van der Waals surface area contributed by atoms with Crippen molar-refractivity contribution in [3.05, 3.63) is 48.0 Å². The first-order valence-electron chi connectivity index (χ1n) is 5.70. The van der Waals surface area contributed by atoms with Gasteiger partial charge in [-0.1, -0.05) is 12.2 Å². The zero-order chi connectivity index (χ0) is 13.2. The molecule has 0 radical (unpaired) electrons. The summed E-state index contributed by atoms with van der Waals surface area (Å²) in [7, 11) is 0. The summed E-state index contributed by atoms with van der Waals surface area (Å²) in [6, 6.07) is 12.7. The Kier molecular flexibility index (Phi) is 2.97. The van der Waals surface area contributed by atoms with E-state index in [0.717, 1.165) is 11.3 Å². The molecule has 2 aromatic carbocycles. The molecule has 0 aromatic heterocycles. The van der Waals surface area contributed by atoms with Crippen LogP contribution in [0.3, 0.4) is 0 Å². The molecular weight excluding hydrogens is 262 g/mol. The lowest BCUT2D eigenvalue weighted by molar-refractivity contribution is 0.174. The summed E-state index contributed by atoms with van der Waals surface area (Å²) in [5.74, 6) is 2.82. The third-order valence-electron chi connectivity index (χ3n) is 2.72. The van der Waals surface area contributed by atoms with Gasteiger partial charge in [-0.3, -0.25) is 0 Å². The molecule has 2 aromatic rings. The first-order valence-corrected chi connectivity index (χ1v) is 6.10. The Labute approximate surface area is 115 Å². The Morgan fingerprint density at radius 2 is 1.68 bits per heavy atom. The summed E-state index contributed by atoms with van der Waals surface area (Å²) in [6.07, 6.45) is 0. The molecule has 0 spiro atoms. The number of fused-ring (bicyclic) bond motifs is 1. The highest BCUT2D eigenvalue weighted by Crippen LogP contribution is 2.36. The first kappa shape index (κ1) is 11.8. The van der Waals surface area contributed by atoms with E-state index in [0.29, 0.717) is 22.2 Å². The third kappa shape index (κ3) is 2.46. The molecule has 0 saturated carbocycles. The average molecular weight is 273 g/mol. The van der Waals surface area contributed by atoms with Crippen LogP contribution in [0.2, 0.25) is 0 Å². The minimum atomic E-state index is 0.251. The van der Waals surface area contributed by atoms with Crippen molar-refractivity contribution in [1.29, 1.82) is 0 Å². The van der Waals surface area contributed by atoms with Crippen LogP contribution in [0.15, 0.2) is 42.5 Å². The molecule has 2 N–H and O–H groups in total. The van der Waals surface area contributed by atoms with Gasteiger partial charge >= 0.3 is 0 Å². The largest absolute Gasteiger partial charge is 0.457 e. The SMILES string of the molecule is NC(=S)c1ccc(Oc2ccc3c(c2)OCO3)cc1. The van der Waals surface area contributed by atoms with E-state index in [-0.39, 0.29) is 6.79 Å². The summed E-state index contributed by atoms with van der Waals surface area (Å²) in [6.45, 7) is 0.251. The fourth-order valence-electron chi connectivity index (χ4n) is 1.76. The summed E-state index contributed by atoms with van der Waals surface area (Å²) < 4.78 is 16.2. The maximum atomic E-state index is 5.72. The first-order chi connectivity index (χ1) is 9.22. The minimum Gasteiger partial charge on any atom is -0.457 e. The second kappa shape index (κ2) is 4.78. The second-order valence-corrected chi connectivity index (χ2v) is 4.45. The van der Waals surface area contributed by atoms with Crippen LogP contribution in [-0.2, 0) is 0 Å². The molecule has 0 bridgehead atoms. The molecule has 0 atom stereocenters. The lowest BCUT2D eigenvalue weighted by atomic mass is 10.2. The van der Waals surface area contributed by atoms with E-state index in [9.17, 15) is 0 Å². The summed E-state index contributed by atoms with van der Waals surface area (Å²) in [4.78, 5) is 0.370. The van der Waals surface area contributed by atoms with Crippen LogP contribution >= 0.6 is 12.2 Å². The summed E-state index contributed by atoms with van der Waals surface area (Å²) in [5, 5.41) is 0. The maximum Gasteiger partial charge on any atom is 0.231 e. The molecule has 0 amide bonds. The van der Waals surface area contributed by atoms with Gasteiger partial charge in [0.15, 0.2) is 11.5 Å². The van der Waals surface area contributed by atoms with E-state index in [1.807, 2.05) is 36.4 Å². The van der Waals surface area contributed by atoms with Crippen molar-refractivity contribution in [1.82, 2.24) is 0 Å². The van der Waals surface area contributed by atoms with E-state index in [1.54, 1.807) is 6.07 Å². The molecule has 19 heavy (non-hydrogen) atoms. The second-order valence-electron chi connectivity index (χ2n) is 4.01. The Morgan fingerprint density at radius 3 is 2.42 bits per heavy atom. The van der Waals surface area contributed by atoms with Crippen LogP contribution in [0, 0.1) is 0 Å². The fraction of sp³-hybridized carbons (Fsp3) is 0.0714. The molecule has 4 nitrogen and oxygen atoms in total. The van der Waals surface area contributed by atoms with E-state index in [4.69, 9.17) is 32.2 Å². The topological polar surface area (TPSA) is 53.7 Å². The molecule has 1 heterocycles. The highest BCUT2D eigenvalue weighted by molar-refractivity contribution is 7.80. The van der Waals surface area contributed by atoms with Gasteiger partial charge in [0.25, 0.3) is 0 Å². The van der Waals surface area contributed by atoms with Gasteiger partial charge in [-0.15, -0.1) is 0 Å². The molecule has 3 rings (SSSR count). The van der Waals surface area contributed by atoms with Crippen LogP contribution in [0.25, 0.3) is 0 Å². The van der Waals surface area contributed by atoms with Crippen molar-refractivity contribution >= 4 is 17.2 Å². The molecule has 1 aliphatic heterocycles. The summed E-state index contributed by atoms with van der Waals surface area (Å²) >= 11 is 4.90. The lowest BCUT2D eigenvalue weighted by Crippen LogP contribution is -2.08. The Morgan fingerprint density at radius 1 is 1.00 bits per heavy atom. The van der Waals surface area contributed by atoms with Crippen LogP contribution < -0.4 is 19.9 Å². The molecule has 0 fully saturated rings. The van der Waals surface area contributed by atoms with E-state index in [2.05, 4.69) is 0 Å². The van der Waals surface area contributed by atoms with Gasteiger partial charge in [-0.25, -0.2) is 0 Å². The van der Waals surface area contributed by atoms with E-state index >= 15 is 0 Å². The van der Waals surface area contributed by atoms with Crippen molar-refractivity contribution in [2.75, 3.05) is 6.79 Å². The standard InChI is InChI=1S/C14H11NO3S/c15-14(19)9-1-3-10(4-2-9)18-11-5-6-12-13(7-11)17-8-16-12/h1-7H,8H2,(H2,15,19). The Hall–Kier alpha value is -2.27. The van der Waals surface area contributed by atoms with Crippen molar-refractivity contribution < 1.29 is 14.2 Å².